The van der Waals surface area contributed by atoms with E-state index in [1.54, 1.807) is 0 Å². The summed E-state index contributed by atoms with van der Waals surface area (Å²) in [7, 11) is -6.00. The summed E-state index contributed by atoms with van der Waals surface area (Å²) in [6, 6.07) is 31.2. The molecule has 0 atom stereocenters. The van der Waals surface area contributed by atoms with Crippen molar-refractivity contribution in [3.05, 3.63) is 101 Å². The molecule has 0 saturated heterocycles. The number of halogens is 6. The molecule has 0 unspecified atom stereocenters. The molecule has 8 heteroatoms. The van der Waals surface area contributed by atoms with Crippen LogP contribution >= 0.6 is 23.2 Å². The van der Waals surface area contributed by atoms with Crippen molar-refractivity contribution < 1.29 is 21.8 Å². The molecule has 1 nitrogen and oxygen atoms in total. The first kappa shape index (κ1) is 25.8. The number of rotatable bonds is 4. The Morgan fingerprint density at radius 3 is 1.68 bits per heavy atom. The molecular formula is C26H22BCl2F4N. The first-order valence-corrected chi connectivity index (χ1v) is 11.3. The molecule has 0 fully saturated rings. The molecule has 176 valence electrons. The number of pyridine rings is 1. The Bertz CT molecular complexity index is 1240. The van der Waals surface area contributed by atoms with E-state index < -0.39 is 7.25 Å². The lowest BCUT2D eigenvalue weighted by atomic mass is 9.98. The van der Waals surface area contributed by atoms with Crippen molar-refractivity contribution in [2.24, 2.45) is 0 Å². The quantitative estimate of drug-likeness (QED) is 0.148. The van der Waals surface area contributed by atoms with Gasteiger partial charge in [-0.25, -0.2) is 0 Å². The third-order valence-electron chi connectivity index (χ3n) is 5.00. The van der Waals surface area contributed by atoms with Gasteiger partial charge in [-0.05, 0) is 55.3 Å². The normalized spacial score (nSPS) is 11.2. The van der Waals surface area contributed by atoms with E-state index in [9.17, 15) is 17.3 Å². The van der Waals surface area contributed by atoms with Crippen molar-refractivity contribution in [2.75, 3.05) is 0 Å². The fourth-order valence-electron chi connectivity index (χ4n) is 3.69. The van der Waals surface area contributed by atoms with Crippen molar-refractivity contribution in [1.82, 2.24) is 0 Å². The van der Waals surface area contributed by atoms with Crippen LogP contribution in [-0.2, 0) is 0 Å². The van der Waals surface area contributed by atoms with Crippen molar-refractivity contribution in [2.45, 2.75) is 19.9 Å². The van der Waals surface area contributed by atoms with E-state index in [-0.39, 0.29) is 6.04 Å². The summed E-state index contributed by atoms with van der Waals surface area (Å²) in [6.07, 6.45) is 0. The maximum absolute atomic E-state index is 9.75. The number of hydrogen-bond acceptors (Lipinski definition) is 0. The average molecular weight is 506 g/mol. The summed E-state index contributed by atoms with van der Waals surface area (Å²) in [5, 5.41) is 1.36. The lowest BCUT2D eigenvalue weighted by Gasteiger charge is -2.16. The van der Waals surface area contributed by atoms with E-state index in [0.717, 1.165) is 22.5 Å². The van der Waals surface area contributed by atoms with Crippen LogP contribution in [0.25, 0.3) is 33.6 Å². The second-order valence-electron chi connectivity index (χ2n) is 7.83. The maximum atomic E-state index is 9.75. The third kappa shape index (κ3) is 6.84. The van der Waals surface area contributed by atoms with Crippen LogP contribution in [0, 0.1) is 0 Å². The maximum Gasteiger partial charge on any atom is 0.673 e. The van der Waals surface area contributed by atoms with Crippen LogP contribution in [0.15, 0.2) is 91.0 Å². The van der Waals surface area contributed by atoms with E-state index in [1.807, 2.05) is 30.3 Å². The second-order valence-corrected chi connectivity index (χ2v) is 8.67. The highest BCUT2D eigenvalue weighted by Crippen LogP contribution is 2.34. The molecule has 0 N–H and O–H groups in total. The highest BCUT2D eigenvalue weighted by Gasteiger charge is 2.26. The summed E-state index contributed by atoms with van der Waals surface area (Å²) in [6.45, 7) is 4.38. The Morgan fingerprint density at radius 2 is 1.15 bits per heavy atom. The largest absolute Gasteiger partial charge is 0.673 e. The minimum Gasteiger partial charge on any atom is -0.418 e. The lowest BCUT2D eigenvalue weighted by molar-refractivity contribution is -0.695. The molecule has 0 spiro atoms. The Kier molecular flexibility index (Phi) is 8.40. The molecule has 4 rings (SSSR count). The first-order valence-electron chi connectivity index (χ1n) is 10.6. The predicted octanol–water partition coefficient (Wildman–Crippen LogP) is 9.16. The zero-order valence-corrected chi connectivity index (χ0v) is 20.0. The van der Waals surface area contributed by atoms with Crippen LogP contribution < -0.4 is 4.57 Å². The summed E-state index contributed by atoms with van der Waals surface area (Å²) in [4.78, 5) is 0. The van der Waals surface area contributed by atoms with Gasteiger partial charge >= 0.3 is 7.25 Å². The molecule has 0 amide bonds. The number of hydrogen-bond donors (Lipinski definition) is 0. The SMILES string of the molecule is CC(C)[n+]1c(-c2ccccc2)cc(-c2ccccc2)cc1-c1cc(Cl)ccc1Cl.F[B-](F)(F)F. The van der Waals surface area contributed by atoms with E-state index in [2.05, 4.69) is 79.1 Å². The Labute approximate surface area is 206 Å². The van der Waals surface area contributed by atoms with Crippen LogP contribution in [0.4, 0.5) is 17.3 Å². The smallest absolute Gasteiger partial charge is 0.418 e. The highest BCUT2D eigenvalue weighted by atomic mass is 35.5. The fraction of sp³-hybridized carbons (Fsp3) is 0.115. The molecule has 0 radical (unpaired) electrons. The van der Waals surface area contributed by atoms with Gasteiger partial charge in [0.25, 0.3) is 0 Å². The standard InChI is InChI=1S/C26H22Cl2N.BF4/c1-18(2)29-25(20-11-7-4-8-12-20)15-21(19-9-5-3-6-10-19)16-26(29)23-17-22(27)13-14-24(23)28;2-1(3,4)5/h3-18H,1-2H3;/q+1;-1. The van der Waals surface area contributed by atoms with Gasteiger partial charge in [-0.1, -0.05) is 71.7 Å². The van der Waals surface area contributed by atoms with Crippen LogP contribution in [0.1, 0.15) is 19.9 Å². The Morgan fingerprint density at radius 1 is 0.647 bits per heavy atom. The van der Waals surface area contributed by atoms with Crippen molar-refractivity contribution >= 4 is 30.5 Å². The van der Waals surface area contributed by atoms with Crippen LogP contribution in [-0.4, -0.2) is 7.25 Å². The van der Waals surface area contributed by atoms with E-state index in [1.165, 1.54) is 11.1 Å². The van der Waals surface area contributed by atoms with Gasteiger partial charge in [-0.15, -0.1) is 0 Å². The van der Waals surface area contributed by atoms with E-state index in [4.69, 9.17) is 23.2 Å². The molecule has 1 heterocycles. The predicted molar refractivity (Wildman–Crippen MR) is 134 cm³/mol. The number of aromatic nitrogens is 1. The van der Waals surface area contributed by atoms with Crippen LogP contribution in [0.3, 0.4) is 0 Å². The van der Waals surface area contributed by atoms with Gasteiger partial charge in [-0.2, -0.15) is 4.57 Å². The molecule has 1 aromatic heterocycles. The van der Waals surface area contributed by atoms with Gasteiger partial charge in [0, 0.05) is 22.7 Å². The van der Waals surface area contributed by atoms with Crippen LogP contribution in [0.2, 0.25) is 10.0 Å². The van der Waals surface area contributed by atoms with Gasteiger partial charge in [-0.3, -0.25) is 0 Å². The molecule has 0 saturated carbocycles. The van der Waals surface area contributed by atoms with Crippen molar-refractivity contribution in [1.29, 1.82) is 0 Å². The molecule has 0 aliphatic carbocycles. The van der Waals surface area contributed by atoms with Crippen molar-refractivity contribution in [3.63, 3.8) is 0 Å². The number of benzene rings is 3. The number of nitrogens with zero attached hydrogens (tertiary/aromatic N) is 1. The summed E-state index contributed by atoms with van der Waals surface area (Å²) < 4.78 is 41.3. The molecule has 3 aromatic carbocycles. The molecular weight excluding hydrogens is 484 g/mol. The fourth-order valence-corrected chi connectivity index (χ4v) is 4.08. The summed E-state index contributed by atoms with van der Waals surface area (Å²) in [5.41, 5.74) is 6.61. The zero-order chi connectivity index (χ0) is 24.9. The van der Waals surface area contributed by atoms with E-state index in [0.29, 0.717) is 10.0 Å². The second kappa shape index (κ2) is 11.1. The van der Waals surface area contributed by atoms with Gasteiger partial charge in [0.2, 0.25) is 11.4 Å². The summed E-state index contributed by atoms with van der Waals surface area (Å²) in [5.74, 6) is 0. The molecule has 34 heavy (non-hydrogen) atoms. The average Bonchev–Trinajstić information content (AvgIpc) is 2.80. The van der Waals surface area contributed by atoms with Gasteiger partial charge in [0.15, 0.2) is 6.04 Å². The lowest BCUT2D eigenvalue weighted by Crippen LogP contribution is -2.41. The highest BCUT2D eigenvalue weighted by molar-refractivity contribution is 6.50. The minimum atomic E-state index is -6.00. The zero-order valence-electron chi connectivity index (χ0n) is 18.5. The van der Waals surface area contributed by atoms with Gasteiger partial charge in [0.05, 0.1) is 10.6 Å². The summed E-state index contributed by atoms with van der Waals surface area (Å²) >= 11 is 13.0. The topological polar surface area (TPSA) is 3.88 Å². The Balaban J connectivity index is 0.000000588. The third-order valence-corrected chi connectivity index (χ3v) is 5.57. The molecule has 0 aliphatic heterocycles. The van der Waals surface area contributed by atoms with Gasteiger partial charge in [0.1, 0.15) is 0 Å². The molecule has 0 aliphatic rings. The van der Waals surface area contributed by atoms with Crippen molar-refractivity contribution in [3.8, 4) is 33.6 Å². The molecule has 0 bridgehead atoms. The molecule has 4 aromatic rings. The van der Waals surface area contributed by atoms with Crippen LogP contribution in [0.5, 0.6) is 0 Å². The Hall–Kier alpha value is -2.83. The van der Waals surface area contributed by atoms with E-state index >= 15 is 0 Å². The monoisotopic (exact) mass is 505 g/mol. The van der Waals surface area contributed by atoms with Gasteiger partial charge < -0.3 is 17.3 Å². The minimum absolute atomic E-state index is 0.236. The first-order chi connectivity index (χ1) is 16.0.